The van der Waals surface area contributed by atoms with Crippen molar-refractivity contribution in [2.24, 2.45) is 0 Å². The van der Waals surface area contributed by atoms with Gasteiger partial charge in [-0.15, -0.1) is 10.2 Å². The van der Waals surface area contributed by atoms with E-state index >= 15 is 0 Å². The zero-order chi connectivity index (χ0) is 12.1. The molecule has 0 radical (unpaired) electrons. The van der Waals surface area contributed by atoms with E-state index < -0.39 is 5.97 Å². The van der Waals surface area contributed by atoms with E-state index in [0.717, 1.165) is 5.56 Å². The molecule has 0 aliphatic rings. The van der Waals surface area contributed by atoms with Gasteiger partial charge in [0.15, 0.2) is 0 Å². The van der Waals surface area contributed by atoms with Crippen molar-refractivity contribution in [3.05, 3.63) is 36.7 Å². The van der Waals surface area contributed by atoms with Gasteiger partial charge in [-0.25, -0.2) is 0 Å². The van der Waals surface area contributed by atoms with Gasteiger partial charge in [-0.1, -0.05) is 0 Å². The topological polar surface area (TPSA) is 88.0 Å². The van der Waals surface area contributed by atoms with Gasteiger partial charge in [0.25, 0.3) is 0 Å². The van der Waals surface area contributed by atoms with Gasteiger partial charge in [0.1, 0.15) is 12.4 Å². The zero-order valence-corrected chi connectivity index (χ0v) is 8.87. The second-order valence-electron chi connectivity index (χ2n) is 3.29. The molecular weight excluding hydrogens is 220 g/mol. The predicted molar refractivity (Wildman–Crippen MR) is 61.4 cm³/mol. The summed E-state index contributed by atoms with van der Waals surface area (Å²) in [5.74, 6) is -0.511. The highest BCUT2D eigenvalue weighted by molar-refractivity contribution is 5.72. The third kappa shape index (κ3) is 2.97. The predicted octanol–water partition coefficient (Wildman–Crippen LogP) is 1.04. The third-order valence-electron chi connectivity index (χ3n) is 2.04. The lowest BCUT2D eigenvalue weighted by Gasteiger charge is -2.02. The maximum absolute atomic E-state index is 10.3. The van der Waals surface area contributed by atoms with Crippen molar-refractivity contribution in [3.8, 4) is 11.3 Å². The van der Waals surface area contributed by atoms with Crippen LogP contribution < -0.4 is 5.32 Å². The lowest BCUT2D eigenvalue weighted by Crippen LogP contribution is -2.13. The van der Waals surface area contributed by atoms with E-state index in [1.54, 1.807) is 24.5 Å². The number of nitrogens with one attached hydrogen (secondary N) is 1. The molecule has 17 heavy (non-hydrogen) atoms. The fraction of sp³-hybridized carbons (Fsp3) is 0.0909. The van der Waals surface area contributed by atoms with E-state index in [2.05, 4.69) is 20.5 Å². The highest BCUT2D eigenvalue weighted by atomic mass is 16.4. The summed E-state index contributed by atoms with van der Waals surface area (Å²) in [4.78, 5) is 14.3. The summed E-state index contributed by atoms with van der Waals surface area (Å²) in [5.41, 5.74) is 1.56. The second kappa shape index (κ2) is 5.02. The smallest absolute Gasteiger partial charge is 0.322 e. The largest absolute Gasteiger partial charge is 0.480 e. The first-order chi connectivity index (χ1) is 8.25. The highest BCUT2D eigenvalue weighted by Gasteiger charge is 2.01. The molecule has 6 heteroatoms. The molecular formula is C11H10N4O2. The monoisotopic (exact) mass is 230 g/mol. The number of carbonyl (C=O) groups is 1. The van der Waals surface area contributed by atoms with Gasteiger partial charge in [-0.3, -0.25) is 9.78 Å². The van der Waals surface area contributed by atoms with Gasteiger partial charge >= 0.3 is 5.97 Å². The molecule has 0 fully saturated rings. The average molecular weight is 230 g/mol. The van der Waals surface area contributed by atoms with Gasteiger partial charge in [-0.2, -0.15) is 0 Å². The lowest BCUT2D eigenvalue weighted by atomic mass is 10.2. The summed E-state index contributed by atoms with van der Waals surface area (Å²) in [6.45, 7) is -0.180. The Morgan fingerprint density at radius 2 is 2.18 bits per heavy atom. The molecule has 0 spiro atoms. The standard InChI is InChI=1S/C11H10N4O2/c16-11(17)7-13-10-4-3-9(14-15-10)8-2-1-5-12-6-8/h1-6H,7H2,(H,13,15)(H,16,17). The zero-order valence-electron chi connectivity index (χ0n) is 8.87. The second-order valence-corrected chi connectivity index (χ2v) is 3.29. The summed E-state index contributed by atoms with van der Waals surface area (Å²) >= 11 is 0. The van der Waals surface area contributed by atoms with E-state index in [1.165, 1.54) is 0 Å². The molecule has 2 aromatic rings. The molecule has 2 aromatic heterocycles. The van der Waals surface area contributed by atoms with Gasteiger partial charge in [0.2, 0.25) is 0 Å². The number of nitrogens with zero attached hydrogens (tertiary/aromatic N) is 3. The number of hydrogen-bond acceptors (Lipinski definition) is 5. The van der Waals surface area contributed by atoms with Crippen LogP contribution in [0.3, 0.4) is 0 Å². The molecule has 0 aromatic carbocycles. The first-order valence-corrected chi connectivity index (χ1v) is 4.95. The molecule has 6 nitrogen and oxygen atoms in total. The number of carboxylic acid groups (broad SMARTS) is 1. The maximum Gasteiger partial charge on any atom is 0.322 e. The first-order valence-electron chi connectivity index (χ1n) is 4.95. The van der Waals surface area contributed by atoms with E-state index in [1.807, 2.05) is 12.1 Å². The molecule has 0 saturated heterocycles. The van der Waals surface area contributed by atoms with Gasteiger partial charge in [0, 0.05) is 18.0 Å². The molecule has 0 bridgehead atoms. The minimum Gasteiger partial charge on any atom is -0.480 e. The Bertz CT molecular complexity index is 499. The van der Waals surface area contributed by atoms with Crippen LogP contribution in [-0.4, -0.2) is 32.8 Å². The van der Waals surface area contributed by atoms with Gasteiger partial charge in [0.05, 0.1) is 5.69 Å². The normalized spacial score (nSPS) is 9.88. The van der Waals surface area contributed by atoms with Crippen LogP contribution in [0.25, 0.3) is 11.3 Å². The Morgan fingerprint density at radius 1 is 1.29 bits per heavy atom. The van der Waals surface area contributed by atoms with E-state index in [-0.39, 0.29) is 6.54 Å². The van der Waals surface area contributed by atoms with Gasteiger partial charge < -0.3 is 10.4 Å². The summed E-state index contributed by atoms with van der Waals surface area (Å²) in [5, 5.41) is 19.0. The van der Waals surface area contributed by atoms with Crippen LogP contribution in [0, 0.1) is 0 Å². The van der Waals surface area contributed by atoms with Crippen molar-refractivity contribution in [1.29, 1.82) is 0 Å². The fourth-order valence-corrected chi connectivity index (χ4v) is 1.26. The van der Waals surface area contributed by atoms with Crippen LogP contribution in [0.15, 0.2) is 36.7 Å². The SMILES string of the molecule is O=C(O)CNc1ccc(-c2cccnc2)nn1. The molecule has 0 aliphatic heterocycles. The summed E-state index contributed by atoms with van der Waals surface area (Å²) < 4.78 is 0. The molecule has 0 saturated carbocycles. The molecule has 2 heterocycles. The quantitative estimate of drug-likeness (QED) is 0.815. The van der Waals surface area contributed by atoms with Crippen LogP contribution in [0.5, 0.6) is 0 Å². The Kier molecular flexibility index (Phi) is 3.25. The maximum atomic E-state index is 10.3. The lowest BCUT2D eigenvalue weighted by molar-refractivity contribution is -0.134. The van der Waals surface area contributed by atoms with Crippen LogP contribution in [0.4, 0.5) is 5.82 Å². The number of pyridine rings is 1. The molecule has 0 atom stereocenters. The van der Waals surface area contributed by atoms with Crippen molar-refractivity contribution in [2.75, 3.05) is 11.9 Å². The van der Waals surface area contributed by atoms with Crippen LogP contribution >= 0.6 is 0 Å². The Labute approximate surface area is 97.4 Å². The molecule has 2 N–H and O–H groups in total. The minimum absolute atomic E-state index is 0.180. The summed E-state index contributed by atoms with van der Waals surface area (Å²) in [7, 11) is 0. The Balaban J connectivity index is 2.11. The molecule has 0 unspecified atom stereocenters. The Hall–Kier alpha value is -2.50. The molecule has 86 valence electrons. The number of hydrogen-bond donors (Lipinski definition) is 2. The summed E-state index contributed by atoms with van der Waals surface area (Å²) in [6, 6.07) is 7.13. The van der Waals surface area contributed by atoms with Crippen molar-refractivity contribution in [3.63, 3.8) is 0 Å². The van der Waals surface area contributed by atoms with E-state index in [0.29, 0.717) is 11.5 Å². The number of rotatable bonds is 4. The number of aromatic nitrogens is 3. The van der Waals surface area contributed by atoms with Crippen molar-refractivity contribution in [1.82, 2.24) is 15.2 Å². The van der Waals surface area contributed by atoms with Crippen LogP contribution in [-0.2, 0) is 4.79 Å². The molecule has 2 rings (SSSR count). The third-order valence-corrected chi connectivity index (χ3v) is 2.04. The number of anilines is 1. The van der Waals surface area contributed by atoms with Crippen LogP contribution in [0.1, 0.15) is 0 Å². The van der Waals surface area contributed by atoms with E-state index in [4.69, 9.17) is 5.11 Å². The first kappa shape index (κ1) is 11.0. The van der Waals surface area contributed by atoms with Crippen LogP contribution in [0.2, 0.25) is 0 Å². The minimum atomic E-state index is -0.942. The Morgan fingerprint density at radius 3 is 2.76 bits per heavy atom. The fourth-order valence-electron chi connectivity index (χ4n) is 1.26. The number of aliphatic carboxylic acids is 1. The van der Waals surface area contributed by atoms with Gasteiger partial charge in [-0.05, 0) is 24.3 Å². The van der Waals surface area contributed by atoms with E-state index in [9.17, 15) is 4.79 Å². The van der Waals surface area contributed by atoms with Crippen molar-refractivity contribution >= 4 is 11.8 Å². The van der Waals surface area contributed by atoms with Crippen molar-refractivity contribution in [2.45, 2.75) is 0 Å². The number of carboxylic acids is 1. The van der Waals surface area contributed by atoms with Crippen molar-refractivity contribution < 1.29 is 9.90 Å². The molecule has 0 amide bonds. The highest BCUT2D eigenvalue weighted by Crippen LogP contribution is 2.14. The molecule has 0 aliphatic carbocycles. The summed E-state index contributed by atoms with van der Waals surface area (Å²) in [6.07, 6.45) is 3.37. The average Bonchev–Trinajstić information content (AvgIpc) is 2.38.